The van der Waals surface area contributed by atoms with Gasteiger partial charge in [-0.1, -0.05) is 6.07 Å². The number of aromatic nitrogens is 2. The van der Waals surface area contributed by atoms with Crippen LogP contribution in [0.25, 0.3) is 0 Å². The topological polar surface area (TPSA) is 62.0 Å². The zero-order chi connectivity index (χ0) is 17.0. The van der Waals surface area contributed by atoms with Crippen molar-refractivity contribution in [3.8, 4) is 11.9 Å². The van der Waals surface area contributed by atoms with E-state index in [0.717, 1.165) is 7.11 Å². The van der Waals surface area contributed by atoms with Crippen molar-refractivity contribution in [3.63, 3.8) is 0 Å². The number of rotatable bonds is 4. The molecule has 0 radical (unpaired) electrons. The molecule has 1 aromatic carbocycles. The molecule has 0 amide bonds. The lowest BCUT2D eigenvalue weighted by atomic mass is 10.2. The number of nitrogens with zero attached hydrogens (tertiary/aromatic N) is 4. The van der Waals surface area contributed by atoms with Gasteiger partial charge in [0.2, 0.25) is 11.8 Å². The molecule has 120 valence electrons. The summed E-state index contributed by atoms with van der Waals surface area (Å²) in [7, 11) is 1.12. The Labute approximate surface area is 131 Å². The van der Waals surface area contributed by atoms with Crippen molar-refractivity contribution >= 4 is 11.6 Å². The molecule has 0 spiro atoms. The maximum atomic E-state index is 12.9. The second-order valence-corrected chi connectivity index (χ2v) is 4.50. The summed E-state index contributed by atoms with van der Waals surface area (Å²) in [6.45, 7) is 2.20. The summed E-state index contributed by atoms with van der Waals surface area (Å²) >= 11 is 0. The van der Waals surface area contributed by atoms with Crippen LogP contribution in [-0.4, -0.2) is 23.6 Å². The zero-order valence-electron chi connectivity index (χ0n) is 12.4. The Morgan fingerprint density at radius 1 is 1.35 bits per heavy atom. The predicted octanol–water partition coefficient (Wildman–Crippen LogP) is 3.53. The van der Waals surface area contributed by atoms with Crippen LogP contribution in [0.15, 0.2) is 30.5 Å². The largest absolute Gasteiger partial charge is 0.480 e. The van der Waals surface area contributed by atoms with Gasteiger partial charge < -0.3 is 9.64 Å². The molecule has 0 aliphatic rings. The third-order valence-corrected chi connectivity index (χ3v) is 3.08. The summed E-state index contributed by atoms with van der Waals surface area (Å²) in [4.78, 5) is 9.23. The van der Waals surface area contributed by atoms with E-state index in [1.54, 1.807) is 36.1 Å². The van der Waals surface area contributed by atoms with Crippen LogP contribution in [0.1, 0.15) is 18.1 Å². The minimum absolute atomic E-state index is 0.0624. The molecule has 0 aliphatic heterocycles. The molecule has 0 saturated carbocycles. The van der Waals surface area contributed by atoms with Gasteiger partial charge in [-0.25, -0.2) is 4.98 Å². The smallest absolute Gasteiger partial charge is 0.423 e. The van der Waals surface area contributed by atoms with Crippen LogP contribution in [-0.2, 0) is 6.18 Å². The van der Waals surface area contributed by atoms with E-state index in [1.165, 1.54) is 0 Å². The summed E-state index contributed by atoms with van der Waals surface area (Å²) in [5.41, 5.74) is -0.00114. The molecule has 0 atom stereocenters. The zero-order valence-corrected chi connectivity index (χ0v) is 12.4. The summed E-state index contributed by atoms with van der Waals surface area (Å²) in [6, 6.07) is 8.65. The average molecular weight is 322 g/mol. The number of alkyl halides is 3. The maximum absolute atomic E-state index is 12.9. The number of halogens is 3. The van der Waals surface area contributed by atoms with Gasteiger partial charge in [0.05, 0.1) is 18.7 Å². The number of anilines is 2. The molecule has 5 nitrogen and oxygen atoms in total. The van der Waals surface area contributed by atoms with Crippen molar-refractivity contribution in [2.24, 2.45) is 0 Å². The Kier molecular flexibility index (Phi) is 4.69. The summed E-state index contributed by atoms with van der Waals surface area (Å²) in [5, 5.41) is 8.95. The number of ether oxygens (including phenoxy) is 1. The van der Waals surface area contributed by atoms with E-state index in [4.69, 9.17) is 10.00 Å². The molecule has 0 aliphatic carbocycles. The number of methoxy groups -OCH3 is 1. The molecule has 23 heavy (non-hydrogen) atoms. The molecule has 2 rings (SSSR count). The Morgan fingerprint density at radius 2 is 2.09 bits per heavy atom. The second kappa shape index (κ2) is 6.52. The first-order valence-electron chi connectivity index (χ1n) is 6.66. The summed E-state index contributed by atoms with van der Waals surface area (Å²) in [5.74, 6) is -0.482. The van der Waals surface area contributed by atoms with Crippen molar-refractivity contribution in [1.82, 2.24) is 9.97 Å². The van der Waals surface area contributed by atoms with Crippen molar-refractivity contribution in [2.45, 2.75) is 13.1 Å². The number of nitriles is 1. The van der Waals surface area contributed by atoms with Gasteiger partial charge >= 0.3 is 6.18 Å². The van der Waals surface area contributed by atoms with Crippen LogP contribution in [0.4, 0.5) is 24.8 Å². The van der Waals surface area contributed by atoms with Gasteiger partial charge in [0.1, 0.15) is 5.56 Å². The highest BCUT2D eigenvalue weighted by Crippen LogP contribution is 2.36. The fourth-order valence-electron chi connectivity index (χ4n) is 2.02. The van der Waals surface area contributed by atoms with E-state index < -0.39 is 17.6 Å². The lowest BCUT2D eigenvalue weighted by Crippen LogP contribution is -2.20. The maximum Gasteiger partial charge on any atom is 0.423 e. The number of hydrogen-bond acceptors (Lipinski definition) is 5. The summed E-state index contributed by atoms with van der Waals surface area (Å²) in [6.07, 6.45) is -3.90. The Balaban J connectivity index is 2.48. The normalized spacial score (nSPS) is 11.0. The van der Waals surface area contributed by atoms with Gasteiger partial charge in [0.25, 0.3) is 0 Å². The van der Waals surface area contributed by atoms with Gasteiger partial charge in [-0.2, -0.15) is 23.4 Å². The Morgan fingerprint density at radius 3 is 2.65 bits per heavy atom. The summed E-state index contributed by atoms with van der Waals surface area (Å²) < 4.78 is 43.3. The monoisotopic (exact) mass is 322 g/mol. The Bertz CT molecular complexity index is 740. The molecular formula is C15H13F3N4O. The highest BCUT2D eigenvalue weighted by molar-refractivity contribution is 5.60. The van der Waals surface area contributed by atoms with Gasteiger partial charge in [-0.05, 0) is 25.1 Å². The molecule has 8 heteroatoms. The quantitative estimate of drug-likeness (QED) is 0.861. The predicted molar refractivity (Wildman–Crippen MR) is 77.4 cm³/mol. The lowest BCUT2D eigenvalue weighted by molar-refractivity contribution is -0.139. The van der Waals surface area contributed by atoms with Crippen LogP contribution in [0.2, 0.25) is 0 Å². The number of hydrogen-bond donors (Lipinski definition) is 0. The van der Waals surface area contributed by atoms with Gasteiger partial charge in [-0.15, -0.1) is 0 Å². The standard InChI is InChI=1S/C15H13F3N4O/c1-3-22(11-6-4-5-10(7-11)8-19)14-20-9-12(15(16,17)18)13(21-14)23-2/h4-7,9H,3H2,1-2H3. The average Bonchev–Trinajstić information content (AvgIpc) is 2.54. The fraction of sp³-hybridized carbons (Fsp3) is 0.267. The lowest BCUT2D eigenvalue weighted by Gasteiger charge is -2.22. The first kappa shape index (κ1) is 16.5. The van der Waals surface area contributed by atoms with Crippen LogP contribution >= 0.6 is 0 Å². The third-order valence-electron chi connectivity index (χ3n) is 3.08. The SMILES string of the molecule is CCN(c1cccc(C#N)c1)c1ncc(C(F)(F)F)c(OC)n1. The van der Waals surface area contributed by atoms with Gasteiger partial charge in [0, 0.05) is 18.4 Å². The van der Waals surface area contributed by atoms with E-state index in [1.807, 2.05) is 6.07 Å². The van der Waals surface area contributed by atoms with Crippen molar-refractivity contribution in [3.05, 3.63) is 41.6 Å². The first-order chi connectivity index (χ1) is 10.9. The van der Waals surface area contributed by atoms with E-state index in [0.29, 0.717) is 24.0 Å². The van der Waals surface area contributed by atoms with E-state index in [-0.39, 0.29) is 5.95 Å². The van der Waals surface area contributed by atoms with E-state index in [9.17, 15) is 13.2 Å². The number of benzene rings is 1. The fourth-order valence-corrected chi connectivity index (χ4v) is 2.02. The molecule has 1 aromatic heterocycles. The molecular weight excluding hydrogens is 309 g/mol. The highest BCUT2D eigenvalue weighted by atomic mass is 19.4. The first-order valence-corrected chi connectivity index (χ1v) is 6.66. The minimum atomic E-state index is -4.60. The third kappa shape index (κ3) is 3.51. The van der Waals surface area contributed by atoms with Crippen molar-refractivity contribution in [1.29, 1.82) is 5.26 Å². The van der Waals surface area contributed by atoms with Crippen LogP contribution in [0.3, 0.4) is 0 Å². The van der Waals surface area contributed by atoms with Crippen molar-refractivity contribution < 1.29 is 17.9 Å². The molecule has 0 unspecified atom stereocenters. The molecule has 2 aromatic rings. The minimum Gasteiger partial charge on any atom is -0.480 e. The van der Waals surface area contributed by atoms with Gasteiger partial charge in [0.15, 0.2) is 0 Å². The van der Waals surface area contributed by atoms with E-state index >= 15 is 0 Å². The second-order valence-electron chi connectivity index (χ2n) is 4.50. The molecule has 0 saturated heterocycles. The molecule has 0 fully saturated rings. The van der Waals surface area contributed by atoms with Crippen LogP contribution in [0, 0.1) is 11.3 Å². The van der Waals surface area contributed by atoms with E-state index in [2.05, 4.69) is 9.97 Å². The molecule has 1 heterocycles. The van der Waals surface area contributed by atoms with Gasteiger partial charge in [-0.3, -0.25) is 0 Å². The highest BCUT2D eigenvalue weighted by Gasteiger charge is 2.36. The van der Waals surface area contributed by atoms with Crippen LogP contribution < -0.4 is 9.64 Å². The van der Waals surface area contributed by atoms with Crippen LogP contribution in [0.5, 0.6) is 5.88 Å². The van der Waals surface area contributed by atoms with Crippen molar-refractivity contribution in [2.75, 3.05) is 18.6 Å². The molecule has 0 bridgehead atoms. The Hall–Kier alpha value is -2.82. The molecule has 0 N–H and O–H groups in total.